The Morgan fingerprint density at radius 3 is 2.42 bits per heavy atom. The van der Waals surface area contributed by atoms with Crippen LogP contribution in [0.15, 0.2) is 54.7 Å². The summed E-state index contributed by atoms with van der Waals surface area (Å²) in [5, 5.41) is 24.9. The molecule has 3 aliphatic rings. The van der Waals surface area contributed by atoms with Gasteiger partial charge >= 0.3 is 18.2 Å². The smallest absolute Gasteiger partial charge is 0.408 e. The molecule has 5 heterocycles. The number of benzene rings is 2. The number of aliphatic hydroxyl groups is 1. The van der Waals surface area contributed by atoms with Crippen LogP contribution in [0.4, 0.5) is 23.7 Å². The van der Waals surface area contributed by atoms with E-state index in [9.17, 15) is 37.8 Å². The van der Waals surface area contributed by atoms with Crippen LogP contribution in [0, 0.1) is 5.41 Å². The van der Waals surface area contributed by atoms with E-state index in [4.69, 9.17) is 14.5 Å². The summed E-state index contributed by atoms with van der Waals surface area (Å²) >= 11 is 0. The van der Waals surface area contributed by atoms with Gasteiger partial charge in [0.25, 0.3) is 5.91 Å². The van der Waals surface area contributed by atoms with Gasteiger partial charge in [-0.05, 0) is 112 Å². The minimum Gasteiger partial charge on any atom is -0.480 e. The summed E-state index contributed by atoms with van der Waals surface area (Å²) in [6.45, 7) is 13.0. The van der Waals surface area contributed by atoms with Crippen molar-refractivity contribution >= 4 is 34.6 Å². The second-order valence-electron chi connectivity index (χ2n) is 20.2. The average Bonchev–Trinajstić information content (AvgIpc) is 3.56. The fourth-order valence-corrected chi connectivity index (χ4v) is 9.70. The lowest BCUT2D eigenvalue weighted by molar-refractivity contribution is -0.147. The van der Waals surface area contributed by atoms with Crippen molar-refractivity contribution < 1.29 is 47.2 Å². The summed E-state index contributed by atoms with van der Waals surface area (Å²) in [4.78, 5) is 48.7. The number of carbonyl (C=O) groups is 3. The SMILES string of the molecule is COC(C)c1ncc(N2CCN3CCCC[C@@H]3C2)cc1-c1c(CC(C)(C)CO)c2cc(-c3cccc(CC(NC(=O)OC(C)(C)C)C(=O)N4CCC[C@@H](C(=O)O)N4)c3)ccc2n1CC(F)(F)F. The van der Waals surface area contributed by atoms with Gasteiger partial charge in [-0.2, -0.15) is 13.2 Å². The fraction of sp³-hybridized carbons (Fsp3) is 0.560. The molecular weight excluding hydrogens is 868 g/mol. The van der Waals surface area contributed by atoms with Crippen molar-refractivity contribution in [3.8, 4) is 22.4 Å². The second kappa shape index (κ2) is 20.2. The van der Waals surface area contributed by atoms with Crippen molar-refractivity contribution in [3.05, 3.63) is 71.5 Å². The number of hydrogen-bond donors (Lipinski definition) is 4. The van der Waals surface area contributed by atoms with Crippen LogP contribution >= 0.6 is 0 Å². The summed E-state index contributed by atoms with van der Waals surface area (Å²) in [7, 11) is 1.55. The third kappa shape index (κ3) is 11.9. The van der Waals surface area contributed by atoms with E-state index >= 15 is 0 Å². The van der Waals surface area contributed by atoms with E-state index in [1.165, 1.54) is 16.0 Å². The van der Waals surface area contributed by atoms with Gasteiger partial charge in [-0.15, -0.1) is 0 Å². The molecule has 364 valence electrons. The fourth-order valence-electron chi connectivity index (χ4n) is 9.70. The topological polar surface area (TPSA) is 162 Å². The normalized spacial score (nSPS) is 19.5. The number of fused-ring (bicyclic) bond motifs is 2. The van der Waals surface area contributed by atoms with Crippen LogP contribution in [0.1, 0.15) is 96.6 Å². The second-order valence-corrected chi connectivity index (χ2v) is 20.2. The molecule has 0 aliphatic carbocycles. The number of hydrogen-bond acceptors (Lipinski definition) is 10. The molecule has 14 nitrogen and oxygen atoms in total. The number of aromatic nitrogens is 2. The number of amides is 2. The van der Waals surface area contributed by atoms with Gasteiger partial charge in [-0.1, -0.05) is 50.6 Å². The number of alkyl carbamates (subject to hydrolysis) is 1. The van der Waals surface area contributed by atoms with E-state index in [0.29, 0.717) is 69.0 Å². The first-order chi connectivity index (χ1) is 31.6. The van der Waals surface area contributed by atoms with Crippen molar-refractivity contribution in [2.75, 3.05) is 51.3 Å². The van der Waals surface area contributed by atoms with Gasteiger partial charge in [-0.25, -0.2) is 10.2 Å². The number of anilines is 1. The quantitative estimate of drug-likeness (QED) is 0.0974. The lowest BCUT2D eigenvalue weighted by Crippen LogP contribution is -2.60. The minimum absolute atomic E-state index is 0.0196. The summed E-state index contributed by atoms with van der Waals surface area (Å²) < 4.78 is 57.4. The number of aliphatic hydroxyl groups excluding tert-OH is 1. The Bertz CT molecular complexity index is 2430. The molecule has 0 radical (unpaired) electrons. The number of nitrogens with one attached hydrogen (secondary N) is 2. The van der Waals surface area contributed by atoms with Crippen LogP contribution in [0.25, 0.3) is 33.3 Å². The van der Waals surface area contributed by atoms with Gasteiger partial charge in [0.15, 0.2) is 0 Å². The number of halogens is 3. The number of nitrogens with zero attached hydrogens (tertiary/aromatic N) is 5. The molecular formula is C50H66F3N7O7. The Hall–Kier alpha value is -5.23. The standard InChI is InChI=1S/C50H66F3N7O7/c1-31(66-7)43-38(25-36(27-54-43)58-21-20-57-18-9-8-14-35(57)28-58)44-39(26-49(5,6)30-61)37-24-34(16-17-42(37)59(44)29-50(51,52)53)33-13-10-12-32(22-33)23-41(55-47(65)67-48(2,3)4)45(62)60-19-11-15-40(56-60)46(63)64/h10,12-13,16-17,22,24-25,27,31,35,40-41,56,61H,8-9,11,14-15,18-21,23,26,28-30H2,1-7H3,(H,55,65)(H,63,64)/t31?,35-,40+,41?/m1/s1. The molecule has 2 aromatic heterocycles. The number of piperidine rings is 1. The molecule has 0 bridgehead atoms. The Kier molecular flexibility index (Phi) is 14.9. The molecule has 3 aliphatic heterocycles. The third-order valence-electron chi connectivity index (χ3n) is 13.1. The molecule has 2 amide bonds. The number of carbonyl (C=O) groups excluding carboxylic acids is 2. The van der Waals surface area contributed by atoms with Crippen molar-refractivity contribution in [2.24, 2.45) is 5.41 Å². The average molecular weight is 934 g/mol. The molecule has 0 spiro atoms. The van der Waals surface area contributed by atoms with Gasteiger partial charge in [0.1, 0.15) is 24.2 Å². The number of carboxylic acids is 1. The summed E-state index contributed by atoms with van der Waals surface area (Å²) in [5.41, 5.74) is 6.52. The predicted molar refractivity (Wildman–Crippen MR) is 250 cm³/mol. The molecule has 3 fully saturated rings. The number of methoxy groups -OCH3 is 1. The molecule has 17 heteroatoms. The predicted octanol–water partition coefficient (Wildman–Crippen LogP) is 7.89. The number of carboxylic acid groups (broad SMARTS) is 1. The molecule has 7 rings (SSSR count). The maximum atomic E-state index is 14.9. The largest absolute Gasteiger partial charge is 0.480 e. The van der Waals surface area contributed by atoms with Crippen LogP contribution in [0.5, 0.6) is 0 Å². The van der Waals surface area contributed by atoms with E-state index in [1.54, 1.807) is 40.0 Å². The van der Waals surface area contributed by atoms with Gasteiger partial charge in [-0.3, -0.25) is 24.5 Å². The molecule has 2 aromatic carbocycles. The highest BCUT2D eigenvalue weighted by Gasteiger charge is 2.37. The molecule has 0 saturated carbocycles. The maximum absolute atomic E-state index is 14.9. The lowest BCUT2D eigenvalue weighted by atomic mass is 9.84. The Labute approximate surface area is 390 Å². The zero-order valence-electron chi connectivity index (χ0n) is 39.7. The van der Waals surface area contributed by atoms with Crippen molar-refractivity contribution in [1.29, 1.82) is 0 Å². The summed E-state index contributed by atoms with van der Waals surface area (Å²) in [6.07, 6.45) is 0.325. The van der Waals surface area contributed by atoms with Crippen molar-refractivity contribution in [3.63, 3.8) is 0 Å². The highest BCUT2D eigenvalue weighted by atomic mass is 19.4. The highest BCUT2D eigenvalue weighted by molar-refractivity contribution is 5.96. The van der Waals surface area contributed by atoms with E-state index in [1.807, 2.05) is 63.4 Å². The lowest BCUT2D eigenvalue weighted by Gasteiger charge is -2.45. The monoisotopic (exact) mass is 933 g/mol. The molecule has 4 aromatic rings. The molecule has 4 N–H and O–H groups in total. The zero-order chi connectivity index (χ0) is 48.4. The van der Waals surface area contributed by atoms with Crippen LogP contribution in [0.3, 0.4) is 0 Å². The molecule has 2 unspecified atom stereocenters. The van der Waals surface area contributed by atoms with Gasteiger partial charge in [0, 0.05) is 68.8 Å². The van der Waals surface area contributed by atoms with Crippen molar-refractivity contribution in [2.45, 2.75) is 129 Å². The number of pyridine rings is 1. The Balaban J connectivity index is 1.33. The number of ether oxygens (including phenoxy) is 2. The van der Waals surface area contributed by atoms with Crippen molar-refractivity contribution in [1.82, 2.24) is 30.2 Å². The number of rotatable bonds is 14. The van der Waals surface area contributed by atoms with Gasteiger partial charge in [0.2, 0.25) is 0 Å². The zero-order valence-corrected chi connectivity index (χ0v) is 39.7. The highest BCUT2D eigenvalue weighted by Crippen LogP contribution is 2.44. The maximum Gasteiger partial charge on any atom is 0.408 e. The first-order valence-electron chi connectivity index (χ1n) is 23.4. The van der Waals surface area contributed by atoms with Crippen LogP contribution in [0.2, 0.25) is 0 Å². The molecule has 4 atom stereocenters. The third-order valence-corrected chi connectivity index (χ3v) is 13.1. The number of piperazine rings is 1. The first-order valence-corrected chi connectivity index (χ1v) is 23.4. The van der Waals surface area contributed by atoms with E-state index < -0.39 is 59.9 Å². The minimum atomic E-state index is -4.59. The van der Waals surface area contributed by atoms with Crippen LogP contribution < -0.4 is 15.6 Å². The molecule has 67 heavy (non-hydrogen) atoms. The molecule has 3 saturated heterocycles. The first kappa shape index (κ1) is 49.7. The number of aliphatic carboxylic acids is 1. The van der Waals surface area contributed by atoms with Crippen LogP contribution in [-0.2, 0) is 38.4 Å². The van der Waals surface area contributed by atoms with E-state index in [-0.39, 0.29) is 26.0 Å². The van der Waals surface area contributed by atoms with Gasteiger partial charge < -0.3 is 34.5 Å². The number of hydrazine groups is 1. The van der Waals surface area contributed by atoms with E-state index in [2.05, 4.69) is 20.5 Å². The summed E-state index contributed by atoms with van der Waals surface area (Å²) in [6, 6.07) is 13.0. The van der Waals surface area contributed by atoms with Crippen LogP contribution in [-0.4, -0.2) is 124 Å². The Morgan fingerprint density at radius 1 is 0.955 bits per heavy atom. The van der Waals surface area contributed by atoms with E-state index in [0.717, 1.165) is 44.7 Å². The number of alkyl halides is 3. The summed E-state index contributed by atoms with van der Waals surface area (Å²) in [5.74, 6) is -1.62. The van der Waals surface area contributed by atoms with Gasteiger partial charge in [0.05, 0.1) is 29.4 Å². The Morgan fingerprint density at radius 2 is 1.72 bits per heavy atom.